The summed E-state index contributed by atoms with van der Waals surface area (Å²) in [5.74, 6) is 0.362. The molecule has 0 spiro atoms. The van der Waals surface area contributed by atoms with Gasteiger partial charge in [0.2, 0.25) is 0 Å². The molecule has 1 amide bonds. The van der Waals surface area contributed by atoms with Gasteiger partial charge in [0.25, 0.3) is 5.91 Å². The fourth-order valence-corrected chi connectivity index (χ4v) is 2.70. The maximum atomic E-state index is 13.8. The molecule has 0 saturated heterocycles. The minimum atomic E-state index is -0.493. The highest BCUT2D eigenvalue weighted by Gasteiger charge is 2.13. The zero-order valence-electron chi connectivity index (χ0n) is 15.2. The first-order valence-electron chi connectivity index (χ1n) is 8.77. The summed E-state index contributed by atoms with van der Waals surface area (Å²) < 4.78 is 25.2. The van der Waals surface area contributed by atoms with E-state index in [1.807, 2.05) is 6.92 Å². The largest absolute Gasteiger partial charge is 0.493 e. The number of carbonyl (C=O) groups is 1. The Morgan fingerprint density at radius 1 is 1.04 bits per heavy atom. The van der Waals surface area contributed by atoms with E-state index in [-0.39, 0.29) is 12.3 Å². The van der Waals surface area contributed by atoms with Gasteiger partial charge in [0.15, 0.2) is 0 Å². The highest BCUT2D eigenvalue weighted by molar-refractivity contribution is 6.30. The third-order valence-electron chi connectivity index (χ3n) is 3.95. The van der Waals surface area contributed by atoms with Crippen LogP contribution < -0.4 is 14.8 Å². The molecule has 4 nitrogen and oxygen atoms in total. The Bertz CT molecular complexity index is 960. The van der Waals surface area contributed by atoms with Gasteiger partial charge in [-0.1, -0.05) is 23.7 Å². The lowest BCUT2D eigenvalue weighted by atomic mass is 10.1. The molecule has 28 heavy (non-hydrogen) atoms. The number of amides is 1. The first-order chi connectivity index (χ1) is 13.6. The molecule has 3 aromatic rings. The monoisotopic (exact) mass is 399 g/mol. The molecule has 0 fully saturated rings. The van der Waals surface area contributed by atoms with Crippen molar-refractivity contribution in [3.63, 3.8) is 0 Å². The smallest absolute Gasteiger partial charge is 0.255 e. The summed E-state index contributed by atoms with van der Waals surface area (Å²) in [6.45, 7) is 2.56. The Morgan fingerprint density at radius 3 is 2.50 bits per heavy atom. The summed E-state index contributed by atoms with van der Waals surface area (Å²) >= 11 is 5.88. The van der Waals surface area contributed by atoms with Gasteiger partial charge in [-0.3, -0.25) is 4.79 Å². The van der Waals surface area contributed by atoms with Gasteiger partial charge < -0.3 is 14.8 Å². The van der Waals surface area contributed by atoms with Crippen molar-refractivity contribution in [2.45, 2.75) is 13.5 Å². The number of halogens is 2. The molecule has 0 unspecified atom stereocenters. The molecule has 0 radical (unpaired) electrons. The van der Waals surface area contributed by atoms with Crippen molar-refractivity contribution in [1.82, 2.24) is 0 Å². The summed E-state index contributed by atoms with van der Waals surface area (Å²) in [5.41, 5.74) is 1.21. The number of hydrogen-bond acceptors (Lipinski definition) is 3. The van der Waals surface area contributed by atoms with Crippen molar-refractivity contribution in [2.75, 3.05) is 11.9 Å². The lowest BCUT2D eigenvalue weighted by molar-refractivity contribution is 0.102. The molecule has 0 atom stereocenters. The van der Waals surface area contributed by atoms with Crippen LogP contribution in [0.3, 0.4) is 0 Å². The van der Waals surface area contributed by atoms with Gasteiger partial charge in [-0.2, -0.15) is 0 Å². The molecule has 0 aliphatic heterocycles. The maximum absolute atomic E-state index is 13.8. The van der Waals surface area contributed by atoms with Crippen LogP contribution in [0.4, 0.5) is 10.1 Å². The lowest BCUT2D eigenvalue weighted by Gasteiger charge is -2.14. The minimum absolute atomic E-state index is 0.125. The molecule has 0 heterocycles. The van der Waals surface area contributed by atoms with E-state index >= 15 is 0 Å². The highest BCUT2D eigenvalue weighted by Crippen LogP contribution is 2.24. The molecule has 3 rings (SSSR count). The Kier molecular flexibility index (Phi) is 6.50. The number of nitrogens with one attached hydrogen (secondary N) is 1. The number of rotatable bonds is 7. The molecular weight excluding hydrogens is 381 g/mol. The Hall–Kier alpha value is -3.05. The van der Waals surface area contributed by atoms with Gasteiger partial charge in [0.1, 0.15) is 23.9 Å². The molecule has 144 valence electrons. The lowest BCUT2D eigenvalue weighted by Crippen LogP contribution is -2.14. The van der Waals surface area contributed by atoms with Crippen LogP contribution in [0.2, 0.25) is 5.02 Å². The molecule has 0 bridgehead atoms. The molecule has 0 aliphatic carbocycles. The SMILES string of the molecule is CCOc1ccc(C(=O)Nc2ccccc2F)cc1COc1ccc(Cl)cc1. The van der Waals surface area contributed by atoms with Crippen molar-refractivity contribution in [2.24, 2.45) is 0 Å². The van der Waals surface area contributed by atoms with Crippen LogP contribution in [-0.2, 0) is 6.61 Å². The second-order valence-corrected chi connectivity index (χ2v) is 6.37. The van der Waals surface area contributed by atoms with Crippen molar-refractivity contribution < 1.29 is 18.7 Å². The van der Waals surface area contributed by atoms with Crippen molar-refractivity contribution in [3.05, 3.63) is 88.7 Å². The number of benzene rings is 3. The average Bonchev–Trinajstić information content (AvgIpc) is 2.70. The Morgan fingerprint density at radius 2 is 1.79 bits per heavy atom. The second-order valence-electron chi connectivity index (χ2n) is 5.93. The van der Waals surface area contributed by atoms with E-state index in [4.69, 9.17) is 21.1 Å². The number of carbonyl (C=O) groups excluding carboxylic acids is 1. The first kappa shape index (κ1) is 19.7. The summed E-state index contributed by atoms with van der Waals surface area (Å²) in [5, 5.41) is 3.19. The van der Waals surface area contributed by atoms with E-state index in [1.165, 1.54) is 12.1 Å². The topological polar surface area (TPSA) is 47.6 Å². The molecule has 1 N–H and O–H groups in total. The van der Waals surface area contributed by atoms with E-state index in [0.717, 1.165) is 0 Å². The number of anilines is 1. The van der Waals surface area contributed by atoms with E-state index in [0.29, 0.717) is 34.3 Å². The normalized spacial score (nSPS) is 10.4. The predicted octanol–water partition coefficient (Wildman–Crippen LogP) is 5.71. The average molecular weight is 400 g/mol. The van der Waals surface area contributed by atoms with Crippen molar-refractivity contribution >= 4 is 23.2 Å². The van der Waals surface area contributed by atoms with E-state index in [2.05, 4.69) is 5.32 Å². The Labute approximate surface area is 167 Å². The van der Waals surface area contributed by atoms with Crippen LogP contribution >= 0.6 is 11.6 Å². The number of hydrogen-bond donors (Lipinski definition) is 1. The van der Waals surface area contributed by atoms with E-state index in [1.54, 1.807) is 54.6 Å². The zero-order valence-corrected chi connectivity index (χ0v) is 16.0. The second kappa shape index (κ2) is 9.24. The molecule has 0 aliphatic rings. The fraction of sp³-hybridized carbons (Fsp3) is 0.136. The van der Waals surface area contributed by atoms with Crippen molar-refractivity contribution in [3.8, 4) is 11.5 Å². The number of ether oxygens (including phenoxy) is 2. The predicted molar refractivity (Wildman–Crippen MR) is 108 cm³/mol. The standard InChI is InChI=1S/C22H19ClFNO3/c1-2-27-21-12-7-15(22(26)25-20-6-4-3-5-19(20)24)13-16(21)14-28-18-10-8-17(23)9-11-18/h3-13H,2,14H2,1H3,(H,25,26). The minimum Gasteiger partial charge on any atom is -0.493 e. The van der Waals surface area contributed by atoms with Gasteiger partial charge in [0, 0.05) is 16.1 Å². The van der Waals surface area contributed by atoms with Gasteiger partial charge in [-0.05, 0) is 61.5 Å². The van der Waals surface area contributed by atoms with E-state index in [9.17, 15) is 9.18 Å². The molecule has 0 saturated carbocycles. The molecule has 3 aromatic carbocycles. The van der Waals surface area contributed by atoms with Crippen LogP contribution in [-0.4, -0.2) is 12.5 Å². The quantitative estimate of drug-likeness (QED) is 0.553. The zero-order chi connectivity index (χ0) is 19.9. The van der Waals surface area contributed by atoms with Gasteiger partial charge in [-0.15, -0.1) is 0 Å². The molecular formula is C22H19ClFNO3. The van der Waals surface area contributed by atoms with Gasteiger partial charge >= 0.3 is 0 Å². The summed E-state index contributed by atoms with van der Waals surface area (Å²) in [4.78, 5) is 12.5. The van der Waals surface area contributed by atoms with Gasteiger partial charge in [0.05, 0.1) is 12.3 Å². The van der Waals surface area contributed by atoms with E-state index < -0.39 is 11.7 Å². The van der Waals surface area contributed by atoms with Crippen molar-refractivity contribution in [1.29, 1.82) is 0 Å². The van der Waals surface area contributed by atoms with Crippen LogP contribution in [0.25, 0.3) is 0 Å². The van der Waals surface area contributed by atoms with Gasteiger partial charge in [-0.25, -0.2) is 4.39 Å². The summed E-state index contributed by atoms with van der Waals surface area (Å²) in [6.07, 6.45) is 0. The van der Waals surface area contributed by atoms with Crippen LogP contribution in [0, 0.1) is 5.82 Å². The summed E-state index contributed by atoms with van der Waals surface area (Å²) in [7, 11) is 0. The van der Waals surface area contributed by atoms with Crippen LogP contribution in [0.1, 0.15) is 22.8 Å². The number of para-hydroxylation sites is 1. The highest BCUT2D eigenvalue weighted by atomic mass is 35.5. The van der Waals surface area contributed by atoms with Crippen LogP contribution in [0.5, 0.6) is 11.5 Å². The molecule has 0 aromatic heterocycles. The first-order valence-corrected chi connectivity index (χ1v) is 9.14. The van der Waals surface area contributed by atoms with Crippen LogP contribution in [0.15, 0.2) is 66.7 Å². The fourth-order valence-electron chi connectivity index (χ4n) is 2.58. The summed E-state index contributed by atoms with van der Waals surface area (Å²) in [6, 6.07) is 18.0. The third-order valence-corrected chi connectivity index (χ3v) is 4.20. The maximum Gasteiger partial charge on any atom is 0.255 e. The molecule has 6 heteroatoms. The third kappa shape index (κ3) is 5.02. The Balaban J connectivity index is 1.79.